The lowest BCUT2D eigenvalue weighted by atomic mass is 10.5. The molecule has 0 unspecified atom stereocenters. The van der Waals surface area contributed by atoms with Crippen molar-refractivity contribution in [1.82, 2.24) is 13.9 Å². The highest BCUT2D eigenvalue weighted by molar-refractivity contribution is 7.89. The van der Waals surface area contributed by atoms with Crippen molar-refractivity contribution in [2.75, 3.05) is 12.3 Å². The molecule has 0 saturated carbocycles. The van der Waals surface area contributed by atoms with E-state index in [9.17, 15) is 18.0 Å². The Bertz CT molecular complexity index is 671. The molecule has 9 heteroatoms. The van der Waals surface area contributed by atoms with E-state index >= 15 is 0 Å². The topological polar surface area (TPSA) is 116 Å². The molecule has 1 heterocycles. The van der Waals surface area contributed by atoms with Crippen LogP contribution in [0.2, 0.25) is 0 Å². The Labute approximate surface area is 104 Å². The molecular formula is C9H16N4O4S. The van der Waals surface area contributed by atoms with E-state index in [4.69, 9.17) is 5.73 Å². The second-order valence-corrected chi connectivity index (χ2v) is 5.52. The summed E-state index contributed by atoms with van der Waals surface area (Å²) in [5, 5.41) is 0. The fourth-order valence-corrected chi connectivity index (χ4v) is 2.79. The van der Waals surface area contributed by atoms with Gasteiger partial charge in [0, 0.05) is 20.6 Å². The molecule has 0 atom stereocenters. The Hall–Kier alpha value is -1.61. The predicted octanol–water partition coefficient (Wildman–Crippen LogP) is -1.65. The van der Waals surface area contributed by atoms with E-state index in [0.29, 0.717) is 11.0 Å². The van der Waals surface area contributed by atoms with Gasteiger partial charge in [-0.05, 0) is 6.42 Å². The summed E-state index contributed by atoms with van der Waals surface area (Å²) >= 11 is 0. The van der Waals surface area contributed by atoms with Crippen LogP contribution in [0.15, 0.2) is 14.5 Å². The minimum Gasteiger partial charge on any atom is -0.384 e. The SMILES string of the molecule is CCCNS(=O)(=O)c1c(N)n(C)c(=O)n(C)c1=O. The van der Waals surface area contributed by atoms with Crippen molar-refractivity contribution < 1.29 is 8.42 Å². The van der Waals surface area contributed by atoms with E-state index in [1.807, 2.05) is 0 Å². The van der Waals surface area contributed by atoms with Gasteiger partial charge in [-0.25, -0.2) is 17.9 Å². The first-order chi connectivity index (χ1) is 8.24. The fourth-order valence-electron chi connectivity index (χ4n) is 1.39. The largest absolute Gasteiger partial charge is 0.384 e. The zero-order chi connectivity index (χ0) is 14.1. The van der Waals surface area contributed by atoms with Crippen LogP contribution >= 0.6 is 0 Å². The monoisotopic (exact) mass is 276 g/mol. The highest BCUT2D eigenvalue weighted by Crippen LogP contribution is 2.09. The van der Waals surface area contributed by atoms with Crippen molar-refractivity contribution >= 4 is 15.8 Å². The Kier molecular flexibility index (Phi) is 3.97. The van der Waals surface area contributed by atoms with Crippen LogP contribution < -0.4 is 21.7 Å². The first-order valence-electron chi connectivity index (χ1n) is 5.29. The molecule has 8 nitrogen and oxygen atoms in total. The molecular weight excluding hydrogens is 260 g/mol. The van der Waals surface area contributed by atoms with E-state index in [1.165, 1.54) is 14.1 Å². The molecule has 3 N–H and O–H groups in total. The number of rotatable bonds is 4. The summed E-state index contributed by atoms with van der Waals surface area (Å²) in [6.07, 6.45) is 0.575. The smallest absolute Gasteiger partial charge is 0.332 e. The van der Waals surface area contributed by atoms with Crippen molar-refractivity contribution in [3.8, 4) is 0 Å². The van der Waals surface area contributed by atoms with Gasteiger partial charge in [0.1, 0.15) is 5.82 Å². The minimum atomic E-state index is -4.01. The second-order valence-electron chi connectivity index (χ2n) is 3.82. The lowest BCUT2D eigenvalue weighted by Crippen LogP contribution is -2.43. The number of anilines is 1. The molecule has 0 fully saturated rings. The summed E-state index contributed by atoms with van der Waals surface area (Å²) in [6.45, 7) is 1.97. The zero-order valence-electron chi connectivity index (χ0n) is 10.4. The maximum atomic E-state index is 11.9. The van der Waals surface area contributed by atoms with Crippen LogP contribution in [-0.2, 0) is 24.1 Å². The molecule has 102 valence electrons. The average molecular weight is 276 g/mol. The van der Waals surface area contributed by atoms with Gasteiger partial charge in [0.25, 0.3) is 5.56 Å². The highest BCUT2D eigenvalue weighted by Gasteiger charge is 2.25. The van der Waals surface area contributed by atoms with Crippen LogP contribution in [0.4, 0.5) is 5.82 Å². The van der Waals surface area contributed by atoms with Gasteiger partial charge < -0.3 is 5.73 Å². The lowest BCUT2D eigenvalue weighted by molar-refractivity contribution is 0.572. The van der Waals surface area contributed by atoms with Crippen molar-refractivity contribution in [3.63, 3.8) is 0 Å². The van der Waals surface area contributed by atoms with Gasteiger partial charge >= 0.3 is 5.69 Å². The van der Waals surface area contributed by atoms with Crippen LogP contribution in [0.25, 0.3) is 0 Å². The predicted molar refractivity (Wildman–Crippen MR) is 66.8 cm³/mol. The molecule has 0 aliphatic rings. The van der Waals surface area contributed by atoms with Gasteiger partial charge in [0.2, 0.25) is 10.0 Å². The normalized spacial score (nSPS) is 11.7. The molecule has 0 amide bonds. The molecule has 0 bridgehead atoms. The van der Waals surface area contributed by atoms with Gasteiger partial charge in [0.05, 0.1) is 0 Å². The third kappa shape index (κ3) is 2.31. The first-order valence-corrected chi connectivity index (χ1v) is 6.77. The maximum Gasteiger partial charge on any atom is 0.332 e. The van der Waals surface area contributed by atoms with Crippen molar-refractivity contribution in [2.24, 2.45) is 14.1 Å². The number of hydrogen-bond donors (Lipinski definition) is 2. The van der Waals surface area contributed by atoms with Crippen LogP contribution in [0.3, 0.4) is 0 Å². The summed E-state index contributed by atoms with van der Waals surface area (Å²) < 4.78 is 27.7. The fraction of sp³-hybridized carbons (Fsp3) is 0.556. The summed E-state index contributed by atoms with van der Waals surface area (Å²) in [4.78, 5) is 22.8. The number of aromatic nitrogens is 2. The van der Waals surface area contributed by atoms with E-state index in [-0.39, 0.29) is 12.4 Å². The number of nitrogens with zero attached hydrogens (tertiary/aromatic N) is 2. The summed E-state index contributed by atoms with van der Waals surface area (Å²) in [7, 11) is -1.51. The molecule has 1 aromatic heterocycles. The quantitative estimate of drug-likeness (QED) is 0.683. The van der Waals surface area contributed by atoms with Crippen LogP contribution in [0, 0.1) is 0 Å². The van der Waals surface area contributed by atoms with Gasteiger partial charge in [-0.15, -0.1) is 0 Å². The number of nitrogens with two attached hydrogens (primary N) is 1. The van der Waals surface area contributed by atoms with Crippen molar-refractivity contribution in [3.05, 3.63) is 20.8 Å². The Morgan fingerprint density at radius 1 is 1.22 bits per heavy atom. The first kappa shape index (κ1) is 14.5. The van der Waals surface area contributed by atoms with Crippen LogP contribution in [0.1, 0.15) is 13.3 Å². The molecule has 18 heavy (non-hydrogen) atoms. The average Bonchev–Trinajstić information content (AvgIpc) is 2.31. The van der Waals surface area contributed by atoms with E-state index < -0.39 is 26.2 Å². The molecule has 0 radical (unpaired) electrons. The van der Waals surface area contributed by atoms with E-state index in [2.05, 4.69) is 4.72 Å². The molecule has 0 saturated heterocycles. The van der Waals surface area contributed by atoms with E-state index in [1.54, 1.807) is 6.92 Å². The van der Waals surface area contributed by atoms with Gasteiger partial charge in [-0.3, -0.25) is 13.9 Å². The molecule has 1 aromatic rings. The third-order valence-electron chi connectivity index (χ3n) is 2.48. The van der Waals surface area contributed by atoms with Gasteiger partial charge in [-0.1, -0.05) is 6.92 Å². The van der Waals surface area contributed by atoms with Crippen LogP contribution in [0.5, 0.6) is 0 Å². The number of hydrogen-bond acceptors (Lipinski definition) is 5. The van der Waals surface area contributed by atoms with Gasteiger partial charge in [0.15, 0.2) is 4.90 Å². The molecule has 0 aliphatic heterocycles. The Morgan fingerprint density at radius 2 is 1.78 bits per heavy atom. The van der Waals surface area contributed by atoms with E-state index in [0.717, 1.165) is 4.57 Å². The van der Waals surface area contributed by atoms with Crippen LogP contribution in [-0.4, -0.2) is 24.1 Å². The van der Waals surface area contributed by atoms with Gasteiger partial charge in [-0.2, -0.15) is 0 Å². The molecule has 0 aromatic carbocycles. The van der Waals surface area contributed by atoms with Crippen molar-refractivity contribution in [1.29, 1.82) is 0 Å². The third-order valence-corrected chi connectivity index (χ3v) is 3.98. The maximum absolute atomic E-state index is 11.9. The standard InChI is InChI=1S/C9H16N4O4S/c1-4-5-11-18(16,17)6-7(10)12(2)9(15)13(3)8(6)14/h11H,4-5,10H2,1-3H3. The summed E-state index contributed by atoms with van der Waals surface area (Å²) in [5.41, 5.74) is 3.94. The molecule has 0 spiro atoms. The summed E-state index contributed by atoms with van der Waals surface area (Å²) in [5.74, 6) is -0.369. The highest BCUT2D eigenvalue weighted by atomic mass is 32.2. The Balaban J connectivity index is 3.62. The molecule has 1 rings (SSSR count). The number of nitrogens with one attached hydrogen (secondary N) is 1. The number of sulfonamides is 1. The summed E-state index contributed by atoms with van der Waals surface area (Å²) in [6, 6.07) is 0. The Morgan fingerprint density at radius 3 is 2.28 bits per heavy atom. The minimum absolute atomic E-state index is 0.188. The number of nitrogen functional groups attached to an aromatic ring is 1. The van der Waals surface area contributed by atoms with Crippen molar-refractivity contribution in [2.45, 2.75) is 18.2 Å². The zero-order valence-corrected chi connectivity index (χ0v) is 11.2. The second kappa shape index (κ2) is 4.94. The molecule has 0 aliphatic carbocycles. The lowest BCUT2D eigenvalue weighted by Gasteiger charge is -2.12.